The quantitative estimate of drug-likeness (QED) is 0.866. The third-order valence-electron chi connectivity index (χ3n) is 1.51. The molecule has 0 aliphatic heterocycles. The first kappa shape index (κ1) is 12.2. The zero-order chi connectivity index (χ0) is 11.5. The Kier molecular flexibility index (Phi) is 3.86. The van der Waals surface area contributed by atoms with Crippen LogP contribution < -0.4 is 5.32 Å². The van der Waals surface area contributed by atoms with Gasteiger partial charge in [0.05, 0.1) is 0 Å². The Hall–Kier alpha value is -0.890. The van der Waals surface area contributed by atoms with Gasteiger partial charge in [-0.3, -0.25) is 0 Å². The molecule has 0 fully saturated rings. The lowest BCUT2D eigenvalue weighted by molar-refractivity contribution is -0.144. The summed E-state index contributed by atoms with van der Waals surface area (Å²) in [6, 6.07) is 0. The summed E-state index contributed by atoms with van der Waals surface area (Å²) in [4.78, 5) is 5.25. The highest BCUT2D eigenvalue weighted by molar-refractivity contribution is 7.09. The van der Waals surface area contributed by atoms with Crippen molar-refractivity contribution in [1.82, 2.24) is 14.3 Å². The minimum Gasteiger partial charge on any atom is -0.359 e. The van der Waals surface area contributed by atoms with Crippen LogP contribution in [0.25, 0.3) is 0 Å². The van der Waals surface area contributed by atoms with E-state index in [0.717, 1.165) is 18.1 Å². The van der Waals surface area contributed by atoms with Crippen molar-refractivity contribution in [2.24, 2.45) is 0 Å². The number of alkyl halides is 3. The second kappa shape index (κ2) is 4.75. The van der Waals surface area contributed by atoms with E-state index in [9.17, 15) is 13.2 Å². The molecule has 86 valence electrons. The average Bonchev–Trinajstić information content (AvgIpc) is 2.51. The molecule has 4 nitrogen and oxygen atoms in total. The molecule has 1 heterocycles. The van der Waals surface area contributed by atoms with E-state index < -0.39 is 12.0 Å². The van der Waals surface area contributed by atoms with Gasteiger partial charge in [-0.05, 0) is 14.1 Å². The van der Waals surface area contributed by atoms with Crippen molar-refractivity contribution >= 4 is 16.7 Å². The molecule has 0 atom stereocenters. The fraction of sp³-hybridized carbons (Fsp3) is 0.714. The number of halogens is 3. The molecule has 1 aromatic rings. The highest BCUT2D eigenvalue weighted by atomic mass is 32.1. The van der Waals surface area contributed by atoms with Crippen LogP contribution >= 0.6 is 11.5 Å². The van der Waals surface area contributed by atoms with Gasteiger partial charge in [-0.1, -0.05) is 0 Å². The molecule has 1 rings (SSSR count). The molecular formula is C7H11F3N4S. The molecule has 0 saturated heterocycles. The second-order valence-corrected chi connectivity index (χ2v) is 3.90. The predicted octanol–water partition coefficient (Wildman–Crippen LogP) is 1.53. The molecule has 0 saturated carbocycles. The van der Waals surface area contributed by atoms with Gasteiger partial charge < -0.3 is 10.2 Å². The first-order valence-electron chi connectivity index (χ1n) is 4.19. The van der Waals surface area contributed by atoms with Gasteiger partial charge in [0.1, 0.15) is 0 Å². The summed E-state index contributed by atoms with van der Waals surface area (Å²) in [6.07, 6.45) is -4.46. The number of aromatic nitrogens is 2. The van der Waals surface area contributed by atoms with E-state index in [-0.39, 0.29) is 5.13 Å². The standard InChI is InChI=1S/C7H11F3N4S/c1-14(2)4-3-11-6-12-5(13-15-6)7(8,9)10/h3-4H2,1-2H3,(H,11,12,13). The van der Waals surface area contributed by atoms with E-state index in [1.165, 1.54) is 0 Å². The van der Waals surface area contributed by atoms with E-state index in [1.54, 1.807) is 0 Å². The van der Waals surface area contributed by atoms with Crippen molar-refractivity contribution in [3.63, 3.8) is 0 Å². The van der Waals surface area contributed by atoms with Gasteiger partial charge in [-0.25, -0.2) is 0 Å². The lowest BCUT2D eigenvalue weighted by Crippen LogP contribution is -2.20. The highest BCUT2D eigenvalue weighted by Crippen LogP contribution is 2.28. The Bertz CT molecular complexity index is 309. The molecule has 0 radical (unpaired) electrons. The topological polar surface area (TPSA) is 41.0 Å². The van der Waals surface area contributed by atoms with Crippen molar-refractivity contribution < 1.29 is 13.2 Å². The number of likely N-dealkylation sites (N-methyl/N-ethyl adjacent to an activating group) is 1. The first-order chi connectivity index (χ1) is 6.89. The number of anilines is 1. The van der Waals surface area contributed by atoms with Gasteiger partial charge in [0, 0.05) is 24.6 Å². The smallest absolute Gasteiger partial charge is 0.359 e. The number of nitrogens with zero attached hydrogens (tertiary/aromatic N) is 3. The van der Waals surface area contributed by atoms with Crippen molar-refractivity contribution in [3.8, 4) is 0 Å². The normalized spacial score (nSPS) is 12.1. The van der Waals surface area contributed by atoms with Crippen molar-refractivity contribution in [2.45, 2.75) is 6.18 Å². The fourth-order valence-corrected chi connectivity index (χ4v) is 1.41. The fourth-order valence-electron chi connectivity index (χ4n) is 0.797. The maximum atomic E-state index is 12.1. The highest BCUT2D eigenvalue weighted by Gasteiger charge is 2.35. The Morgan fingerprint density at radius 1 is 1.40 bits per heavy atom. The summed E-state index contributed by atoms with van der Waals surface area (Å²) < 4.78 is 39.5. The monoisotopic (exact) mass is 240 g/mol. The average molecular weight is 240 g/mol. The van der Waals surface area contributed by atoms with Crippen LogP contribution in [0, 0.1) is 0 Å². The van der Waals surface area contributed by atoms with E-state index in [4.69, 9.17) is 0 Å². The molecule has 15 heavy (non-hydrogen) atoms. The Labute approximate surface area is 89.3 Å². The van der Waals surface area contributed by atoms with Gasteiger partial charge in [-0.15, -0.1) is 0 Å². The largest absolute Gasteiger partial charge is 0.452 e. The van der Waals surface area contributed by atoms with Gasteiger partial charge in [0.15, 0.2) is 0 Å². The minimum atomic E-state index is -4.46. The molecule has 8 heteroatoms. The Morgan fingerprint density at radius 2 is 2.07 bits per heavy atom. The Morgan fingerprint density at radius 3 is 2.53 bits per heavy atom. The molecule has 0 aromatic carbocycles. The number of rotatable bonds is 4. The van der Waals surface area contributed by atoms with Gasteiger partial charge in [-0.2, -0.15) is 22.5 Å². The van der Waals surface area contributed by atoms with Crippen LogP contribution in [0.1, 0.15) is 5.82 Å². The summed E-state index contributed by atoms with van der Waals surface area (Å²) in [7, 11) is 3.76. The first-order valence-corrected chi connectivity index (χ1v) is 4.96. The third kappa shape index (κ3) is 4.00. The van der Waals surface area contributed by atoms with E-state index in [2.05, 4.69) is 14.7 Å². The van der Waals surface area contributed by atoms with Crippen molar-refractivity contribution in [2.75, 3.05) is 32.5 Å². The maximum Gasteiger partial charge on any atom is 0.452 e. The zero-order valence-corrected chi connectivity index (χ0v) is 9.11. The molecule has 1 aromatic heterocycles. The molecular weight excluding hydrogens is 229 g/mol. The Balaban J connectivity index is 2.47. The second-order valence-electron chi connectivity index (χ2n) is 3.15. The van der Waals surface area contributed by atoms with Crippen molar-refractivity contribution in [1.29, 1.82) is 0 Å². The van der Waals surface area contributed by atoms with Crippen LogP contribution in [0.4, 0.5) is 18.3 Å². The third-order valence-corrected chi connectivity index (χ3v) is 2.19. The predicted molar refractivity (Wildman–Crippen MR) is 52.0 cm³/mol. The zero-order valence-electron chi connectivity index (χ0n) is 8.30. The molecule has 0 bridgehead atoms. The summed E-state index contributed by atoms with van der Waals surface area (Å²) in [6.45, 7) is 1.26. The molecule has 0 unspecified atom stereocenters. The molecule has 0 aliphatic carbocycles. The van der Waals surface area contributed by atoms with Crippen LogP contribution in [-0.4, -0.2) is 41.4 Å². The van der Waals surface area contributed by atoms with E-state index in [0.29, 0.717) is 6.54 Å². The van der Waals surface area contributed by atoms with E-state index in [1.807, 2.05) is 19.0 Å². The SMILES string of the molecule is CN(C)CCNc1nc(C(F)(F)F)ns1. The van der Waals surface area contributed by atoms with Crippen LogP contribution in [0.5, 0.6) is 0 Å². The summed E-state index contributed by atoms with van der Waals surface area (Å²) >= 11 is 0.717. The van der Waals surface area contributed by atoms with Crippen LogP contribution in [0.2, 0.25) is 0 Å². The number of hydrogen-bond acceptors (Lipinski definition) is 5. The van der Waals surface area contributed by atoms with Gasteiger partial charge >= 0.3 is 6.18 Å². The van der Waals surface area contributed by atoms with Gasteiger partial charge in [0.25, 0.3) is 0 Å². The number of nitrogens with one attached hydrogen (secondary N) is 1. The summed E-state index contributed by atoms with van der Waals surface area (Å²) in [5.41, 5.74) is 0. The summed E-state index contributed by atoms with van der Waals surface area (Å²) in [5.74, 6) is -1.08. The van der Waals surface area contributed by atoms with E-state index >= 15 is 0 Å². The summed E-state index contributed by atoms with van der Waals surface area (Å²) in [5, 5.41) is 2.97. The van der Waals surface area contributed by atoms with Crippen LogP contribution in [-0.2, 0) is 6.18 Å². The number of hydrogen-bond donors (Lipinski definition) is 1. The lowest BCUT2D eigenvalue weighted by Gasteiger charge is -2.08. The van der Waals surface area contributed by atoms with Crippen LogP contribution in [0.15, 0.2) is 0 Å². The molecule has 0 amide bonds. The maximum absolute atomic E-state index is 12.1. The lowest BCUT2D eigenvalue weighted by atomic mass is 10.6. The van der Waals surface area contributed by atoms with Gasteiger partial charge in [0.2, 0.25) is 11.0 Å². The minimum absolute atomic E-state index is 0.198. The molecule has 0 spiro atoms. The molecule has 0 aliphatic rings. The van der Waals surface area contributed by atoms with Crippen molar-refractivity contribution in [3.05, 3.63) is 5.82 Å². The molecule has 1 N–H and O–H groups in total. The van der Waals surface area contributed by atoms with Crippen LogP contribution in [0.3, 0.4) is 0 Å².